The molecule has 2 atom stereocenters. The van der Waals surface area contributed by atoms with Gasteiger partial charge in [0.25, 0.3) is 0 Å². The molecule has 0 heterocycles. The lowest BCUT2D eigenvalue weighted by atomic mass is 9.95. The fourth-order valence-corrected chi connectivity index (χ4v) is 2.37. The molecule has 0 aromatic heterocycles. The van der Waals surface area contributed by atoms with Gasteiger partial charge in [0.2, 0.25) is 0 Å². The van der Waals surface area contributed by atoms with E-state index in [0.29, 0.717) is 11.3 Å². The van der Waals surface area contributed by atoms with E-state index in [2.05, 4.69) is 19.1 Å². The minimum Gasteiger partial charge on any atom is -0.496 e. The van der Waals surface area contributed by atoms with Crippen molar-refractivity contribution in [3.05, 3.63) is 29.8 Å². The van der Waals surface area contributed by atoms with E-state index in [-0.39, 0.29) is 0 Å². The standard InChI is InChI=1S/C13H19NO/c1-13(8-11(13)9-14)7-10-5-3-4-6-12(10)15-2/h3-6,11H,7-9,14H2,1-2H3. The highest BCUT2D eigenvalue weighted by Crippen LogP contribution is 2.54. The summed E-state index contributed by atoms with van der Waals surface area (Å²) in [4.78, 5) is 0. The minimum absolute atomic E-state index is 0.406. The molecule has 2 unspecified atom stereocenters. The number of rotatable bonds is 4. The Balaban J connectivity index is 2.11. The number of methoxy groups -OCH3 is 1. The molecule has 1 saturated carbocycles. The largest absolute Gasteiger partial charge is 0.496 e. The number of hydrogen-bond donors (Lipinski definition) is 1. The fourth-order valence-electron chi connectivity index (χ4n) is 2.37. The maximum atomic E-state index is 5.70. The van der Waals surface area contributed by atoms with E-state index in [1.165, 1.54) is 12.0 Å². The molecule has 0 aliphatic heterocycles. The van der Waals surface area contributed by atoms with E-state index in [9.17, 15) is 0 Å². The molecule has 0 amide bonds. The van der Waals surface area contributed by atoms with Crippen LogP contribution in [0.3, 0.4) is 0 Å². The van der Waals surface area contributed by atoms with Crippen LogP contribution in [0.4, 0.5) is 0 Å². The van der Waals surface area contributed by atoms with Gasteiger partial charge in [-0.15, -0.1) is 0 Å². The molecule has 1 aromatic carbocycles. The number of benzene rings is 1. The van der Waals surface area contributed by atoms with Crippen molar-refractivity contribution in [3.63, 3.8) is 0 Å². The Morgan fingerprint density at radius 1 is 1.47 bits per heavy atom. The summed E-state index contributed by atoms with van der Waals surface area (Å²) in [5, 5.41) is 0. The van der Waals surface area contributed by atoms with Crippen molar-refractivity contribution in [2.24, 2.45) is 17.1 Å². The fraction of sp³-hybridized carbons (Fsp3) is 0.538. The molecule has 0 saturated heterocycles. The zero-order chi connectivity index (χ0) is 10.9. The van der Waals surface area contributed by atoms with Crippen LogP contribution in [0, 0.1) is 11.3 Å². The summed E-state index contributed by atoms with van der Waals surface area (Å²) in [6, 6.07) is 8.26. The Kier molecular flexibility index (Phi) is 2.70. The summed E-state index contributed by atoms with van der Waals surface area (Å²) < 4.78 is 5.36. The Bertz CT molecular complexity index is 350. The minimum atomic E-state index is 0.406. The van der Waals surface area contributed by atoms with Gasteiger partial charge in [0.15, 0.2) is 0 Å². The molecule has 15 heavy (non-hydrogen) atoms. The Morgan fingerprint density at radius 3 is 2.80 bits per heavy atom. The topological polar surface area (TPSA) is 35.2 Å². The van der Waals surface area contributed by atoms with Gasteiger partial charge < -0.3 is 10.5 Å². The Labute approximate surface area is 91.4 Å². The maximum absolute atomic E-state index is 5.70. The summed E-state index contributed by atoms with van der Waals surface area (Å²) in [7, 11) is 1.73. The highest BCUT2D eigenvalue weighted by atomic mass is 16.5. The first-order chi connectivity index (χ1) is 7.19. The van der Waals surface area contributed by atoms with E-state index in [0.717, 1.165) is 18.7 Å². The summed E-state index contributed by atoms with van der Waals surface area (Å²) in [5.74, 6) is 1.70. The zero-order valence-electron chi connectivity index (χ0n) is 9.49. The SMILES string of the molecule is COc1ccccc1CC1(C)CC1CN. The third kappa shape index (κ3) is 2.00. The van der Waals surface area contributed by atoms with Crippen LogP contribution in [-0.2, 0) is 6.42 Å². The van der Waals surface area contributed by atoms with Crippen molar-refractivity contribution >= 4 is 0 Å². The van der Waals surface area contributed by atoms with Gasteiger partial charge in [0.05, 0.1) is 7.11 Å². The van der Waals surface area contributed by atoms with Crippen molar-refractivity contribution in [2.75, 3.05) is 13.7 Å². The van der Waals surface area contributed by atoms with Crippen LogP contribution in [0.25, 0.3) is 0 Å². The van der Waals surface area contributed by atoms with Crippen molar-refractivity contribution < 1.29 is 4.74 Å². The lowest BCUT2D eigenvalue weighted by molar-refractivity contribution is 0.401. The monoisotopic (exact) mass is 205 g/mol. The molecule has 82 valence electrons. The van der Waals surface area contributed by atoms with Crippen LogP contribution in [0.15, 0.2) is 24.3 Å². The van der Waals surface area contributed by atoms with Crippen molar-refractivity contribution in [3.8, 4) is 5.75 Å². The van der Waals surface area contributed by atoms with Gasteiger partial charge in [0.1, 0.15) is 5.75 Å². The summed E-state index contributed by atoms with van der Waals surface area (Å²) in [6.07, 6.45) is 2.33. The van der Waals surface area contributed by atoms with E-state index in [1.54, 1.807) is 7.11 Å². The van der Waals surface area contributed by atoms with Crippen molar-refractivity contribution in [1.82, 2.24) is 0 Å². The first kappa shape index (κ1) is 10.5. The molecule has 1 fully saturated rings. The smallest absolute Gasteiger partial charge is 0.122 e. The number of para-hydroxylation sites is 1. The van der Waals surface area contributed by atoms with Crippen molar-refractivity contribution in [1.29, 1.82) is 0 Å². The molecular weight excluding hydrogens is 186 g/mol. The van der Waals surface area contributed by atoms with Crippen LogP contribution in [0.2, 0.25) is 0 Å². The predicted molar refractivity (Wildman–Crippen MR) is 62.0 cm³/mol. The molecule has 0 bridgehead atoms. The predicted octanol–water partition coefficient (Wildman–Crippen LogP) is 2.22. The molecule has 2 rings (SSSR count). The number of hydrogen-bond acceptors (Lipinski definition) is 2. The lowest BCUT2D eigenvalue weighted by Crippen LogP contribution is -2.11. The van der Waals surface area contributed by atoms with Gasteiger partial charge in [-0.05, 0) is 42.3 Å². The van der Waals surface area contributed by atoms with Gasteiger partial charge in [0, 0.05) is 0 Å². The molecule has 0 spiro atoms. The van der Waals surface area contributed by atoms with E-state index < -0.39 is 0 Å². The molecule has 1 aromatic rings. The lowest BCUT2D eigenvalue weighted by Gasteiger charge is -2.13. The van der Waals surface area contributed by atoms with E-state index in [1.807, 2.05) is 12.1 Å². The van der Waals surface area contributed by atoms with Crippen LogP contribution < -0.4 is 10.5 Å². The maximum Gasteiger partial charge on any atom is 0.122 e. The van der Waals surface area contributed by atoms with Gasteiger partial charge in [-0.25, -0.2) is 0 Å². The Hall–Kier alpha value is -1.02. The Morgan fingerprint density at radius 2 is 2.20 bits per heavy atom. The first-order valence-electron chi connectivity index (χ1n) is 5.51. The van der Waals surface area contributed by atoms with Crippen LogP contribution in [0.5, 0.6) is 5.75 Å². The zero-order valence-corrected chi connectivity index (χ0v) is 9.49. The average Bonchev–Trinajstić information content (AvgIpc) is 2.90. The molecule has 2 N–H and O–H groups in total. The molecule has 2 nitrogen and oxygen atoms in total. The molecule has 0 radical (unpaired) electrons. The highest BCUT2D eigenvalue weighted by molar-refractivity contribution is 5.35. The molecular formula is C13H19NO. The normalized spacial score (nSPS) is 28.9. The quantitative estimate of drug-likeness (QED) is 0.818. The second kappa shape index (κ2) is 3.86. The van der Waals surface area contributed by atoms with Gasteiger partial charge in [-0.3, -0.25) is 0 Å². The van der Waals surface area contributed by atoms with Gasteiger partial charge >= 0.3 is 0 Å². The molecule has 1 aliphatic rings. The van der Waals surface area contributed by atoms with Gasteiger partial charge in [-0.2, -0.15) is 0 Å². The van der Waals surface area contributed by atoms with Crippen molar-refractivity contribution in [2.45, 2.75) is 19.8 Å². The first-order valence-corrected chi connectivity index (χ1v) is 5.51. The summed E-state index contributed by atoms with van der Waals surface area (Å²) in [5.41, 5.74) is 7.41. The summed E-state index contributed by atoms with van der Waals surface area (Å²) in [6.45, 7) is 3.13. The third-order valence-electron chi connectivity index (χ3n) is 3.61. The van der Waals surface area contributed by atoms with E-state index in [4.69, 9.17) is 10.5 Å². The van der Waals surface area contributed by atoms with Crippen LogP contribution >= 0.6 is 0 Å². The second-order valence-corrected chi connectivity index (χ2v) is 4.78. The van der Waals surface area contributed by atoms with Gasteiger partial charge in [-0.1, -0.05) is 25.1 Å². The van der Waals surface area contributed by atoms with E-state index >= 15 is 0 Å². The van der Waals surface area contributed by atoms with Crippen LogP contribution in [0.1, 0.15) is 18.9 Å². The second-order valence-electron chi connectivity index (χ2n) is 4.78. The van der Waals surface area contributed by atoms with Crippen LogP contribution in [-0.4, -0.2) is 13.7 Å². The molecule has 1 aliphatic carbocycles. The third-order valence-corrected chi connectivity index (χ3v) is 3.61. The highest BCUT2D eigenvalue weighted by Gasteiger charge is 2.48. The molecule has 2 heteroatoms. The summed E-state index contributed by atoms with van der Waals surface area (Å²) >= 11 is 0. The number of ether oxygens (including phenoxy) is 1. The average molecular weight is 205 g/mol. The number of nitrogens with two attached hydrogens (primary N) is 1.